The fraction of sp³-hybridized carbons (Fsp3) is 0.444. The van der Waals surface area contributed by atoms with Crippen molar-refractivity contribution in [2.75, 3.05) is 13.6 Å². The van der Waals surface area contributed by atoms with Gasteiger partial charge in [0.15, 0.2) is 5.96 Å². The third kappa shape index (κ3) is 5.13. The zero-order valence-corrected chi connectivity index (χ0v) is 14.5. The van der Waals surface area contributed by atoms with E-state index < -0.39 is 0 Å². The first-order valence-electron chi connectivity index (χ1n) is 8.13. The standard InChI is InChI=1S/C18H27N5/c1-14-13-15(2)23(22-14)12-8-11-20-18(19-4)21-16(3)17-9-6-5-7-10-17/h5-7,9-10,13,16H,8,11-12H2,1-4H3,(H2,19,20,21). The van der Waals surface area contributed by atoms with E-state index in [0.29, 0.717) is 0 Å². The van der Waals surface area contributed by atoms with E-state index in [0.717, 1.165) is 31.2 Å². The summed E-state index contributed by atoms with van der Waals surface area (Å²) in [5.41, 5.74) is 3.53. The number of aromatic nitrogens is 2. The number of hydrogen-bond acceptors (Lipinski definition) is 2. The average Bonchev–Trinajstić information content (AvgIpc) is 2.88. The Labute approximate surface area is 138 Å². The maximum Gasteiger partial charge on any atom is 0.191 e. The van der Waals surface area contributed by atoms with Gasteiger partial charge in [-0.05, 0) is 38.8 Å². The van der Waals surface area contributed by atoms with E-state index in [1.165, 1.54) is 11.3 Å². The van der Waals surface area contributed by atoms with Crippen molar-refractivity contribution in [2.24, 2.45) is 4.99 Å². The molecule has 1 unspecified atom stereocenters. The van der Waals surface area contributed by atoms with E-state index in [-0.39, 0.29) is 6.04 Å². The fourth-order valence-electron chi connectivity index (χ4n) is 2.56. The lowest BCUT2D eigenvalue weighted by Crippen LogP contribution is -2.39. The van der Waals surface area contributed by atoms with Gasteiger partial charge in [-0.25, -0.2) is 0 Å². The van der Waals surface area contributed by atoms with Gasteiger partial charge < -0.3 is 10.6 Å². The monoisotopic (exact) mass is 313 g/mol. The van der Waals surface area contributed by atoms with E-state index in [4.69, 9.17) is 0 Å². The van der Waals surface area contributed by atoms with Crippen molar-refractivity contribution in [3.05, 3.63) is 53.3 Å². The first-order valence-corrected chi connectivity index (χ1v) is 8.13. The van der Waals surface area contributed by atoms with Gasteiger partial charge in [0.05, 0.1) is 11.7 Å². The number of benzene rings is 1. The second-order valence-electron chi connectivity index (χ2n) is 5.78. The van der Waals surface area contributed by atoms with Crippen LogP contribution in [-0.2, 0) is 6.54 Å². The Bertz CT molecular complexity index is 630. The predicted octanol–water partition coefficient (Wildman–Crippen LogP) is 2.82. The normalized spacial score (nSPS) is 13.0. The summed E-state index contributed by atoms with van der Waals surface area (Å²) in [4.78, 5) is 4.29. The highest BCUT2D eigenvalue weighted by molar-refractivity contribution is 5.80. The van der Waals surface area contributed by atoms with Crippen LogP contribution in [0.1, 0.15) is 36.3 Å². The summed E-state index contributed by atoms with van der Waals surface area (Å²) in [6.45, 7) is 8.03. The fourth-order valence-corrected chi connectivity index (χ4v) is 2.56. The molecule has 0 aliphatic heterocycles. The summed E-state index contributed by atoms with van der Waals surface area (Å²) >= 11 is 0. The Kier molecular flexibility index (Phi) is 6.20. The van der Waals surface area contributed by atoms with Crippen LogP contribution in [-0.4, -0.2) is 29.3 Å². The molecule has 124 valence electrons. The molecule has 0 radical (unpaired) electrons. The molecule has 0 saturated heterocycles. The summed E-state index contributed by atoms with van der Waals surface area (Å²) in [6.07, 6.45) is 1.00. The van der Waals surface area contributed by atoms with Gasteiger partial charge in [-0.1, -0.05) is 30.3 Å². The molecular formula is C18H27N5. The van der Waals surface area contributed by atoms with Gasteiger partial charge in [0.1, 0.15) is 0 Å². The zero-order chi connectivity index (χ0) is 16.7. The van der Waals surface area contributed by atoms with Gasteiger partial charge in [-0.15, -0.1) is 0 Å². The minimum atomic E-state index is 0.221. The SMILES string of the molecule is CN=C(NCCCn1nc(C)cc1C)NC(C)c1ccccc1. The molecule has 2 N–H and O–H groups in total. The predicted molar refractivity (Wildman–Crippen MR) is 95.7 cm³/mol. The molecule has 0 aliphatic carbocycles. The molecule has 5 nitrogen and oxygen atoms in total. The molecule has 1 atom stereocenters. The molecule has 0 fully saturated rings. The van der Waals surface area contributed by atoms with Crippen molar-refractivity contribution in [1.82, 2.24) is 20.4 Å². The van der Waals surface area contributed by atoms with Crippen molar-refractivity contribution in [1.29, 1.82) is 0 Å². The van der Waals surface area contributed by atoms with Crippen LogP contribution >= 0.6 is 0 Å². The molecular weight excluding hydrogens is 286 g/mol. The van der Waals surface area contributed by atoms with E-state index in [1.807, 2.05) is 13.0 Å². The first kappa shape index (κ1) is 17.1. The number of nitrogens with zero attached hydrogens (tertiary/aromatic N) is 3. The topological polar surface area (TPSA) is 54.2 Å². The summed E-state index contributed by atoms with van der Waals surface area (Å²) in [7, 11) is 1.80. The van der Waals surface area contributed by atoms with E-state index in [1.54, 1.807) is 7.05 Å². The summed E-state index contributed by atoms with van der Waals surface area (Å²) in [5.74, 6) is 0.828. The number of guanidine groups is 1. The van der Waals surface area contributed by atoms with Gasteiger partial charge in [0.25, 0.3) is 0 Å². The maximum atomic E-state index is 4.48. The van der Waals surface area contributed by atoms with Crippen molar-refractivity contribution in [2.45, 2.75) is 39.8 Å². The smallest absolute Gasteiger partial charge is 0.191 e. The van der Waals surface area contributed by atoms with Crippen LogP contribution in [0.15, 0.2) is 41.4 Å². The summed E-state index contributed by atoms with van der Waals surface area (Å²) in [5, 5.41) is 11.3. The molecule has 1 aromatic heterocycles. The number of aliphatic imine (C=N–C) groups is 1. The molecule has 0 saturated carbocycles. The number of nitrogens with one attached hydrogen (secondary N) is 2. The molecule has 2 aromatic rings. The van der Waals surface area contributed by atoms with Gasteiger partial charge in [-0.2, -0.15) is 5.10 Å². The van der Waals surface area contributed by atoms with E-state index >= 15 is 0 Å². The van der Waals surface area contributed by atoms with Crippen LogP contribution in [0.5, 0.6) is 0 Å². The second-order valence-corrected chi connectivity index (χ2v) is 5.78. The lowest BCUT2D eigenvalue weighted by Gasteiger charge is -2.18. The number of rotatable bonds is 6. The van der Waals surface area contributed by atoms with Crippen LogP contribution in [0.4, 0.5) is 0 Å². The lowest BCUT2D eigenvalue weighted by atomic mass is 10.1. The zero-order valence-electron chi connectivity index (χ0n) is 14.5. The van der Waals surface area contributed by atoms with Crippen molar-refractivity contribution in [3.8, 4) is 0 Å². The average molecular weight is 313 g/mol. The quantitative estimate of drug-likeness (QED) is 0.490. The van der Waals surface area contributed by atoms with Gasteiger partial charge in [0.2, 0.25) is 0 Å². The van der Waals surface area contributed by atoms with E-state index in [9.17, 15) is 0 Å². The summed E-state index contributed by atoms with van der Waals surface area (Å²) in [6, 6.07) is 12.7. The third-order valence-electron chi connectivity index (χ3n) is 3.82. The highest BCUT2D eigenvalue weighted by Gasteiger charge is 2.07. The molecule has 0 amide bonds. The van der Waals surface area contributed by atoms with Crippen LogP contribution in [0.3, 0.4) is 0 Å². The molecule has 0 aliphatic rings. The van der Waals surface area contributed by atoms with Crippen molar-refractivity contribution in [3.63, 3.8) is 0 Å². The molecule has 0 spiro atoms. The Balaban J connectivity index is 1.76. The Morgan fingerprint density at radius 2 is 2.00 bits per heavy atom. The van der Waals surface area contributed by atoms with Crippen molar-refractivity contribution < 1.29 is 0 Å². The Morgan fingerprint density at radius 3 is 2.61 bits per heavy atom. The molecule has 23 heavy (non-hydrogen) atoms. The largest absolute Gasteiger partial charge is 0.356 e. The van der Waals surface area contributed by atoms with Crippen LogP contribution in [0, 0.1) is 13.8 Å². The van der Waals surface area contributed by atoms with Gasteiger partial charge in [0, 0.05) is 25.8 Å². The first-order chi connectivity index (χ1) is 11.1. The molecule has 0 bridgehead atoms. The Morgan fingerprint density at radius 1 is 1.26 bits per heavy atom. The lowest BCUT2D eigenvalue weighted by molar-refractivity contribution is 0.553. The van der Waals surface area contributed by atoms with Crippen molar-refractivity contribution >= 4 is 5.96 Å². The van der Waals surface area contributed by atoms with Crippen LogP contribution in [0.25, 0.3) is 0 Å². The van der Waals surface area contributed by atoms with Gasteiger partial charge in [-0.3, -0.25) is 9.67 Å². The maximum absolute atomic E-state index is 4.48. The number of hydrogen-bond donors (Lipinski definition) is 2. The molecule has 1 heterocycles. The summed E-state index contributed by atoms with van der Waals surface area (Å²) < 4.78 is 2.06. The van der Waals surface area contributed by atoms with Crippen LogP contribution in [0.2, 0.25) is 0 Å². The molecule has 5 heteroatoms. The minimum Gasteiger partial charge on any atom is -0.356 e. The molecule has 2 rings (SSSR count). The highest BCUT2D eigenvalue weighted by Crippen LogP contribution is 2.10. The van der Waals surface area contributed by atoms with E-state index in [2.05, 4.69) is 69.6 Å². The number of aryl methyl sites for hydroxylation is 3. The highest BCUT2D eigenvalue weighted by atomic mass is 15.3. The van der Waals surface area contributed by atoms with Gasteiger partial charge >= 0.3 is 0 Å². The Hall–Kier alpha value is -2.30. The third-order valence-corrected chi connectivity index (χ3v) is 3.82. The van der Waals surface area contributed by atoms with Crippen LogP contribution < -0.4 is 10.6 Å². The molecule has 1 aromatic carbocycles. The second kappa shape index (κ2) is 8.36. The minimum absolute atomic E-state index is 0.221.